The molecule has 26 heavy (non-hydrogen) atoms. The summed E-state index contributed by atoms with van der Waals surface area (Å²) >= 11 is 0. The Hall–Kier alpha value is -2.60. The summed E-state index contributed by atoms with van der Waals surface area (Å²) in [7, 11) is -4.21. The zero-order chi connectivity index (χ0) is 18.5. The molecule has 3 saturated heterocycles. The fourth-order valence-electron chi connectivity index (χ4n) is 3.12. The van der Waals surface area contributed by atoms with E-state index in [9.17, 15) is 22.7 Å². The number of nitrogens with zero attached hydrogens (tertiary/aromatic N) is 2. The van der Waals surface area contributed by atoms with Gasteiger partial charge in [0.1, 0.15) is 18.0 Å². The number of phenols is 1. The Morgan fingerprint density at radius 2 is 2.00 bits per heavy atom. The highest BCUT2D eigenvalue weighted by Gasteiger charge is 2.37. The van der Waals surface area contributed by atoms with Gasteiger partial charge in [-0.1, -0.05) is 0 Å². The summed E-state index contributed by atoms with van der Waals surface area (Å²) in [6, 6.07) is 2.59. The monoisotopic (exact) mass is 385 g/mol. The van der Waals surface area contributed by atoms with Crippen LogP contribution in [0.2, 0.25) is 0 Å². The average Bonchev–Trinajstić information content (AvgIpc) is 3.18. The molecule has 0 aromatic heterocycles. The summed E-state index contributed by atoms with van der Waals surface area (Å²) in [5.41, 5.74) is -0.215. The number of anilines is 1. The second-order valence-electron chi connectivity index (χ2n) is 6.19. The third-order valence-electron chi connectivity index (χ3n) is 4.32. The first-order valence-corrected chi connectivity index (χ1v) is 9.27. The lowest BCUT2D eigenvalue weighted by Crippen LogP contribution is -2.31. The van der Waals surface area contributed by atoms with E-state index in [-0.39, 0.29) is 18.6 Å². The van der Waals surface area contributed by atoms with E-state index in [0.29, 0.717) is 29.0 Å². The molecule has 4 rings (SSSR count). The predicted molar refractivity (Wildman–Crippen MR) is 88.3 cm³/mol. The minimum Gasteiger partial charge on any atom is -0.506 e. The van der Waals surface area contributed by atoms with Crippen molar-refractivity contribution >= 4 is 27.8 Å². The topological polar surface area (TPSA) is 132 Å². The van der Waals surface area contributed by atoms with Crippen LogP contribution in [0.1, 0.15) is 5.56 Å². The Labute approximate surface area is 148 Å². The number of aromatic hydroxyl groups is 1. The van der Waals surface area contributed by atoms with Gasteiger partial charge in [-0.2, -0.15) is 8.42 Å². The molecule has 0 aliphatic carbocycles. The van der Waals surface area contributed by atoms with Crippen molar-refractivity contribution in [1.29, 1.82) is 0 Å². The van der Waals surface area contributed by atoms with Crippen LogP contribution in [0, 0.1) is 5.82 Å². The Balaban J connectivity index is 1.54. The number of hydrogen-bond donors (Lipinski definition) is 4. The number of amides is 1. The van der Waals surface area contributed by atoms with Crippen LogP contribution in [-0.2, 0) is 26.3 Å². The second-order valence-corrected chi connectivity index (χ2v) is 7.78. The molecule has 2 atom stereocenters. The molecule has 3 fully saturated rings. The zero-order valence-electron chi connectivity index (χ0n) is 13.4. The quantitative estimate of drug-likeness (QED) is 0.499. The van der Waals surface area contributed by atoms with Gasteiger partial charge in [0.05, 0.1) is 31.8 Å². The number of fused-ring (bicyclic) bond motifs is 1. The van der Waals surface area contributed by atoms with E-state index in [0.717, 1.165) is 6.07 Å². The van der Waals surface area contributed by atoms with Crippen molar-refractivity contribution in [2.75, 3.05) is 24.1 Å². The van der Waals surface area contributed by atoms with Crippen molar-refractivity contribution in [3.8, 4) is 5.75 Å². The molecule has 0 saturated carbocycles. The number of benzene rings is 1. The molecule has 0 radical (unpaired) electrons. The van der Waals surface area contributed by atoms with E-state index < -0.39 is 39.9 Å². The van der Waals surface area contributed by atoms with Crippen molar-refractivity contribution in [3.05, 3.63) is 23.5 Å². The summed E-state index contributed by atoms with van der Waals surface area (Å²) in [4.78, 5) is 15.6. The summed E-state index contributed by atoms with van der Waals surface area (Å²) in [5.74, 6) is -1.79. The normalized spacial score (nSPS) is 26.3. The summed E-state index contributed by atoms with van der Waals surface area (Å²) in [6.07, 6.45) is 0. The van der Waals surface area contributed by atoms with Gasteiger partial charge in [0.25, 0.3) is 5.91 Å². The smallest absolute Gasteiger partial charge is 0.326 e. The minimum atomic E-state index is -4.21. The van der Waals surface area contributed by atoms with Gasteiger partial charge in [-0.05, 0) is 17.7 Å². The number of carbonyl (C=O) groups is 1. The van der Waals surface area contributed by atoms with Crippen molar-refractivity contribution in [2.24, 2.45) is 4.99 Å². The molecular formula is C14H16FN5O5S. The van der Waals surface area contributed by atoms with Crippen LogP contribution in [0.5, 0.6) is 5.75 Å². The Morgan fingerprint density at radius 3 is 2.58 bits per heavy atom. The maximum atomic E-state index is 14.4. The number of carbonyl (C=O) groups excluding carboxylic acids is 1. The van der Waals surface area contributed by atoms with Gasteiger partial charge in [-0.3, -0.25) is 4.79 Å². The molecule has 1 amide bonds. The maximum Gasteiger partial charge on any atom is 0.326 e. The van der Waals surface area contributed by atoms with E-state index in [1.807, 2.05) is 0 Å². The standard InChI is InChI=1S/C14H16FN5O5S/c15-8-1-7(3-16-14-17-9-5-25-6-10(9)18-14)2-11(21)13(8)20-4-12(22)19-26(20,23)24/h1-2,9-10,21H,3-6H2,(H,19,22)(H2,16,17,18). The molecule has 0 bridgehead atoms. The molecule has 0 spiro atoms. The highest BCUT2D eigenvalue weighted by atomic mass is 32.2. The summed E-state index contributed by atoms with van der Waals surface area (Å²) in [6.45, 7) is 0.646. The fourth-order valence-corrected chi connectivity index (χ4v) is 4.29. The Kier molecular flexibility index (Phi) is 3.88. The highest BCUT2D eigenvalue weighted by Crippen LogP contribution is 2.34. The number of ether oxygens (including phenoxy) is 1. The van der Waals surface area contributed by atoms with Crippen molar-refractivity contribution in [2.45, 2.75) is 18.6 Å². The van der Waals surface area contributed by atoms with Gasteiger partial charge in [-0.25, -0.2) is 18.4 Å². The molecule has 1 aromatic carbocycles. The number of halogens is 1. The molecule has 4 N–H and O–H groups in total. The SMILES string of the molecule is O=C1CN(c2c(O)cc(CN=C3NC4COCC4N3)cc2F)S(=O)(=O)N1. The van der Waals surface area contributed by atoms with Gasteiger partial charge < -0.3 is 20.5 Å². The molecular weight excluding hydrogens is 369 g/mol. The first-order chi connectivity index (χ1) is 12.3. The zero-order valence-corrected chi connectivity index (χ0v) is 14.2. The third kappa shape index (κ3) is 2.90. The van der Waals surface area contributed by atoms with Crippen LogP contribution in [0.3, 0.4) is 0 Å². The molecule has 2 unspecified atom stereocenters. The molecule has 3 aliphatic heterocycles. The number of nitrogens with one attached hydrogen (secondary N) is 3. The Bertz CT molecular complexity index is 868. The lowest BCUT2D eigenvalue weighted by Gasteiger charge is -2.17. The number of aliphatic imine (C=N–C) groups is 1. The van der Waals surface area contributed by atoms with E-state index in [2.05, 4.69) is 15.6 Å². The van der Waals surface area contributed by atoms with Crippen LogP contribution in [-0.4, -0.2) is 57.2 Å². The first kappa shape index (κ1) is 16.8. The lowest BCUT2D eigenvalue weighted by atomic mass is 10.1. The molecule has 10 nitrogen and oxygen atoms in total. The van der Waals surface area contributed by atoms with Crippen LogP contribution in [0.25, 0.3) is 0 Å². The molecule has 12 heteroatoms. The molecule has 140 valence electrons. The average molecular weight is 385 g/mol. The molecule has 3 aliphatic rings. The number of guanidine groups is 1. The van der Waals surface area contributed by atoms with Gasteiger partial charge in [0.15, 0.2) is 11.8 Å². The van der Waals surface area contributed by atoms with Crippen molar-refractivity contribution in [3.63, 3.8) is 0 Å². The van der Waals surface area contributed by atoms with E-state index in [4.69, 9.17) is 4.74 Å². The van der Waals surface area contributed by atoms with E-state index >= 15 is 0 Å². The van der Waals surface area contributed by atoms with Gasteiger partial charge in [-0.15, -0.1) is 0 Å². The minimum absolute atomic E-state index is 0.0737. The first-order valence-electron chi connectivity index (χ1n) is 7.83. The van der Waals surface area contributed by atoms with E-state index in [1.54, 1.807) is 4.72 Å². The molecule has 1 aromatic rings. The van der Waals surface area contributed by atoms with Gasteiger partial charge in [0, 0.05) is 0 Å². The summed E-state index contributed by atoms with van der Waals surface area (Å²) < 4.78 is 45.6. The van der Waals surface area contributed by atoms with Crippen LogP contribution < -0.4 is 19.7 Å². The van der Waals surface area contributed by atoms with Crippen molar-refractivity contribution < 1.29 is 27.4 Å². The van der Waals surface area contributed by atoms with E-state index in [1.165, 1.54) is 6.07 Å². The van der Waals surface area contributed by atoms with Crippen LogP contribution >= 0.6 is 0 Å². The Morgan fingerprint density at radius 1 is 1.31 bits per heavy atom. The molecule has 3 heterocycles. The third-order valence-corrected chi connectivity index (χ3v) is 5.69. The lowest BCUT2D eigenvalue weighted by molar-refractivity contribution is -0.117. The van der Waals surface area contributed by atoms with Gasteiger partial charge in [0.2, 0.25) is 0 Å². The largest absolute Gasteiger partial charge is 0.506 e. The number of rotatable bonds is 3. The summed E-state index contributed by atoms with van der Waals surface area (Å²) in [5, 5.41) is 16.4. The highest BCUT2D eigenvalue weighted by molar-refractivity contribution is 7.92. The second kappa shape index (κ2) is 5.99. The fraction of sp³-hybridized carbons (Fsp3) is 0.429. The van der Waals surface area contributed by atoms with Crippen LogP contribution in [0.15, 0.2) is 17.1 Å². The van der Waals surface area contributed by atoms with Crippen LogP contribution in [0.4, 0.5) is 10.1 Å². The van der Waals surface area contributed by atoms with Crippen molar-refractivity contribution in [1.82, 2.24) is 15.4 Å². The number of phenolic OH excluding ortho intramolecular Hbond substituents is 1. The maximum absolute atomic E-state index is 14.4. The predicted octanol–water partition coefficient (Wildman–Crippen LogP) is -1.47. The van der Waals surface area contributed by atoms with Gasteiger partial charge >= 0.3 is 10.2 Å². The number of hydrogen-bond acceptors (Lipinski definition) is 6.